The lowest BCUT2D eigenvalue weighted by Crippen LogP contribution is -2.31. The molecule has 6 aromatic rings. The number of fused-ring (bicyclic) bond motifs is 2. The average molecular weight is 593 g/mol. The predicted molar refractivity (Wildman–Crippen MR) is 179 cm³/mol. The van der Waals surface area contributed by atoms with Crippen LogP contribution in [0.3, 0.4) is 0 Å². The lowest BCUT2D eigenvalue weighted by atomic mass is 9.99. The number of para-hydroxylation sites is 1. The lowest BCUT2D eigenvalue weighted by molar-refractivity contribution is -0.617. The van der Waals surface area contributed by atoms with Gasteiger partial charge in [0.05, 0.1) is 21.9 Å². The quantitative estimate of drug-likeness (QED) is 0.0613. The van der Waals surface area contributed by atoms with Crippen LogP contribution < -0.4 is 9.30 Å². The first-order valence-electron chi connectivity index (χ1n) is 14.9. The molecule has 0 aliphatic heterocycles. The first-order chi connectivity index (χ1) is 21.8. The Balaban J connectivity index is 1.35. The molecule has 5 aromatic carbocycles. The molecule has 0 atom stereocenters. The van der Waals surface area contributed by atoms with Gasteiger partial charge in [0.25, 0.3) is 0 Å². The summed E-state index contributed by atoms with van der Waals surface area (Å²) in [5.41, 5.74) is 8.28. The molecule has 5 nitrogen and oxygen atoms in total. The summed E-state index contributed by atoms with van der Waals surface area (Å²) >= 11 is 0. The summed E-state index contributed by atoms with van der Waals surface area (Å²) in [7, 11) is 2.01. The van der Waals surface area contributed by atoms with E-state index in [1.54, 1.807) is 12.1 Å². The molecule has 0 spiro atoms. The molecular weight excluding hydrogens is 558 g/mol. The van der Waals surface area contributed by atoms with Crippen LogP contribution in [0.25, 0.3) is 34.0 Å². The van der Waals surface area contributed by atoms with Crippen LogP contribution in [-0.4, -0.2) is 11.9 Å². The molecule has 0 aliphatic carbocycles. The van der Waals surface area contributed by atoms with Crippen LogP contribution in [0, 0.1) is 20.8 Å². The third-order valence-corrected chi connectivity index (χ3v) is 8.04. The van der Waals surface area contributed by atoms with E-state index in [9.17, 15) is 9.59 Å². The largest absolute Gasteiger partial charge is 0.457 e. The maximum atomic E-state index is 14.1. The average Bonchev–Trinajstić information content (AvgIpc) is 3.05. The Labute approximate surface area is 263 Å². The monoisotopic (exact) mass is 592 g/mol. The zero-order valence-corrected chi connectivity index (χ0v) is 25.8. The van der Waals surface area contributed by atoms with Gasteiger partial charge in [-0.1, -0.05) is 84.4 Å². The van der Waals surface area contributed by atoms with Gasteiger partial charge in [-0.05, 0) is 78.9 Å². The number of hydrogen-bond donors (Lipinski definition) is 0. The van der Waals surface area contributed by atoms with Crippen molar-refractivity contribution in [3.05, 3.63) is 154 Å². The molecule has 1 aromatic heterocycles. The van der Waals surface area contributed by atoms with Gasteiger partial charge in [0, 0.05) is 12.1 Å². The number of carbonyl (C=O) groups is 2. The SMILES string of the molecule is Cc1ccc(/C=C/c2ccc3c(c2)c(C(=O)Oc2c(C)cc(C(=O)OCc4ccccc4)cc2C)c2ccccc2[n+]3C)cc1. The summed E-state index contributed by atoms with van der Waals surface area (Å²) in [5.74, 6) is -0.454. The number of hydrogen-bond acceptors (Lipinski definition) is 4. The minimum atomic E-state index is -0.456. The van der Waals surface area contributed by atoms with E-state index >= 15 is 0 Å². The van der Waals surface area contributed by atoms with Gasteiger partial charge in [-0.25, -0.2) is 9.59 Å². The molecule has 0 unspecified atom stereocenters. The molecule has 0 aliphatic rings. The molecule has 5 heteroatoms. The Hall–Kier alpha value is -5.55. The van der Waals surface area contributed by atoms with Gasteiger partial charge in [0.15, 0.2) is 0 Å². The minimum absolute atomic E-state index is 0.183. The Morgan fingerprint density at radius 3 is 2.02 bits per heavy atom. The van der Waals surface area contributed by atoms with Crippen molar-refractivity contribution < 1.29 is 23.6 Å². The highest BCUT2D eigenvalue weighted by Crippen LogP contribution is 2.31. The first-order valence-corrected chi connectivity index (χ1v) is 14.9. The molecule has 0 bridgehead atoms. The number of ether oxygens (including phenoxy) is 2. The van der Waals surface area contributed by atoms with Crippen molar-refractivity contribution in [1.82, 2.24) is 0 Å². The summed E-state index contributed by atoms with van der Waals surface area (Å²) in [6.45, 7) is 5.92. The van der Waals surface area contributed by atoms with Gasteiger partial charge in [0.2, 0.25) is 11.0 Å². The fraction of sp³-hybridized carbons (Fsp3) is 0.125. The van der Waals surface area contributed by atoms with Gasteiger partial charge in [-0.2, -0.15) is 4.57 Å². The molecule has 0 fully saturated rings. The number of rotatable bonds is 7. The Bertz CT molecular complexity index is 2070. The fourth-order valence-electron chi connectivity index (χ4n) is 5.67. The van der Waals surface area contributed by atoms with Crippen molar-refractivity contribution in [3.8, 4) is 5.75 Å². The summed E-state index contributed by atoms with van der Waals surface area (Å²) in [4.78, 5) is 27.0. The lowest BCUT2D eigenvalue weighted by Gasteiger charge is -2.15. The van der Waals surface area contributed by atoms with Crippen LogP contribution >= 0.6 is 0 Å². The van der Waals surface area contributed by atoms with Gasteiger partial charge in [-0.15, -0.1) is 0 Å². The van der Waals surface area contributed by atoms with Crippen LogP contribution in [0.4, 0.5) is 0 Å². The van der Waals surface area contributed by atoms with E-state index in [1.165, 1.54) is 5.56 Å². The number of benzene rings is 5. The number of aryl methyl sites for hydroxylation is 4. The molecule has 0 saturated heterocycles. The smallest absolute Gasteiger partial charge is 0.345 e. The summed E-state index contributed by atoms with van der Waals surface area (Å²) in [6, 6.07) is 35.3. The highest BCUT2D eigenvalue weighted by molar-refractivity contribution is 6.13. The zero-order valence-electron chi connectivity index (χ0n) is 25.8. The Kier molecular flexibility index (Phi) is 8.26. The van der Waals surface area contributed by atoms with E-state index in [0.717, 1.165) is 38.5 Å². The second-order valence-electron chi connectivity index (χ2n) is 11.4. The maximum absolute atomic E-state index is 14.1. The van der Waals surface area contributed by atoms with E-state index < -0.39 is 11.9 Å². The van der Waals surface area contributed by atoms with Crippen LogP contribution in [0.2, 0.25) is 0 Å². The summed E-state index contributed by atoms with van der Waals surface area (Å²) in [6.07, 6.45) is 4.12. The van der Waals surface area contributed by atoms with Crippen molar-refractivity contribution in [3.63, 3.8) is 0 Å². The van der Waals surface area contributed by atoms with Crippen LogP contribution in [0.5, 0.6) is 5.75 Å². The van der Waals surface area contributed by atoms with Crippen molar-refractivity contribution in [1.29, 1.82) is 0 Å². The molecule has 0 amide bonds. The normalized spacial score (nSPS) is 11.3. The summed E-state index contributed by atoms with van der Waals surface area (Å²) in [5, 5.41) is 1.59. The minimum Gasteiger partial charge on any atom is -0.457 e. The van der Waals surface area contributed by atoms with Crippen molar-refractivity contribution in [2.24, 2.45) is 7.05 Å². The predicted octanol–water partition coefficient (Wildman–Crippen LogP) is 8.49. The van der Waals surface area contributed by atoms with Crippen molar-refractivity contribution in [2.75, 3.05) is 0 Å². The van der Waals surface area contributed by atoms with Crippen LogP contribution in [0.15, 0.2) is 109 Å². The number of nitrogens with zero attached hydrogens (tertiary/aromatic N) is 1. The molecule has 6 rings (SSSR count). The van der Waals surface area contributed by atoms with Crippen LogP contribution in [0.1, 0.15) is 54.1 Å². The third kappa shape index (κ3) is 6.24. The van der Waals surface area contributed by atoms with Gasteiger partial charge < -0.3 is 9.47 Å². The molecule has 0 radical (unpaired) electrons. The van der Waals surface area contributed by atoms with Gasteiger partial charge in [-0.3, -0.25) is 0 Å². The maximum Gasteiger partial charge on any atom is 0.345 e. The molecule has 1 heterocycles. The summed E-state index contributed by atoms with van der Waals surface area (Å²) < 4.78 is 13.8. The number of pyridine rings is 1. The van der Waals surface area contributed by atoms with E-state index in [4.69, 9.17) is 9.47 Å². The Morgan fingerprint density at radius 2 is 1.29 bits per heavy atom. The second kappa shape index (κ2) is 12.6. The molecule has 45 heavy (non-hydrogen) atoms. The van der Waals surface area contributed by atoms with Crippen LogP contribution in [-0.2, 0) is 18.4 Å². The molecule has 0 N–H and O–H groups in total. The zero-order chi connectivity index (χ0) is 31.5. The molecule has 0 saturated carbocycles. The van der Waals surface area contributed by atoms with E-state index in [-0.39, 0.29) is 6.61 Å². The number of carbonyl (C=O) groups excluding carboxylic acids is 2. The fourth-order valence-corrected chi connectivity index (χ4v) is 5.67. The van der Waals surface area contributed by atoms with E-state index in [1.807, 2.05) is 87.6 Å². The number of aromatic nitrogens is 1. The second-order valence-corrected chi connectivity index (χ2v) is 11.4. The number of esters is 2. The Morgan fingerprint density at radius 1 is 0.667 bits per heavy atom. The van der Waals surface area contributed by atoms with Crippen molar-refractivity contribution in [2.45, 2.75) is 27.4 Å². The standard InChI is InChI=1S/C40H34NO4/c1-26-14-16-29(17-15-26)18-19-30-20-21-36-34(24-30)37(33-12-8-9-13-35(33)41(36)4)40(43)45-38-27(2)22-32(23-28(38)3)39(42)44-25-31-10-6-5-7-11-31/h5-24H,25H2,1-4H3/q+1/b19-18+. The molecular formula is C40H34NO4+. The van der Waals surface area contributed by atoms with E-state index in [0.29, 0.717) is 28.0 Å². The topological polar surface area (TPSA) is 56.5 Å². The van der Waals surface area contributed by atoms with Gasteiger partial charge >= 0.3 is 11.9 Å². The van der Waals surface area contributed by atoms with Gasteiger partial charge in [0.1, 0.15) is 19.4 Å². The molecule has 222 valence electrons. The highest BCUT2D eigenvalue weighted by atomic mass is 16.5. The highest BCUT2D eigenvalue weighted by Gasteiger charge is 2.25. The third-order valence-electron chi connectivity index (χ3n) is 8.04. The van der Waals surface area contributed by atoms with Crippen molar-refractivity contribution >= 4 is 45.9 Å². The van der Waals surface area contributed by atoms with E-state index in [2.05, 4.69) is 54.0 Å². The first kappa shape index (κ1) is 29.5.